The highest BCUT2D eigenvalue weighted by molar-refractivity contribution is 5.69. The number of likely N-dealkylation sites (N-methyl/N-ethyl adjacent to an activating group) is 1. The third-order valence-corrected chi connectivity index (χ3v) is 3.42. The molecule has 0 aliphatic heterocycles. The fourth-order valence-electron chi connectivity index (χ4n) is 2.50. The lowest BCUT2D eigenvalue weighted by Crippen LogP contribution is -2.54. The maximum atomic E-state index is 12.1. The summed E-state index contributed by atoms with van der Waals surface area (Å²) in [7, 11) is 1.72. The van der Waals surface area contributed by atoms with Gasteiger partial charge < -0.3 is 20.1 Å². The van der Waals surface area contributed by atoms with E-state index in [1.54, 1.807) is 11.9 Å². The number of carboxylic acid groups (broad SMARTS) is 1. The molecule has 0 radical (unpaired) electrons. The van der Waals surface area contributed by atoms with E-state index in [-0.39, 0.29) is 24.7 Å². The lowest BCUT2D eigenvalue weighted by atomic mass is 9.89. The molecule has 0 heterocycles. The third-order valence-electron chi connectivity index (χ3n) is 3.42. The van der Waals surface area contributed by atoms with Crippen molar-refractivity contribution in [1.82, 2.24) is 10.2 Å². The Hall–Kier alpha value is -1.30. The van der Waals surface area contributed by atoms with Gasteiger partial charge in [-0.25, -0.2) is 4.79 Å². The van der Waals surface area contributed by atoms with Gasteiger partial charge in [0.25, 0.3) is 0 Å². The van der Waals surface area contributed by atoms with Gasteiger partial charge in [-0.05, 0) is 33.6 Å². The molecule has 0 aromatic heterocycles. The van der Waals surface area contributed by atoms with Crippen molar-refractivity contribution in [2.75, 3.05) is 13.6 Å². The summed E-state index contributed by atoms with van der Waals surface area (Å²) in [5.74, 6) is -0.880. The number of hydrogen-bond donors (Lipinski definition) is 2. The summed E-state index contributed by atoms with van der Waals surface area (Å²) in [5.41, 5.74) is -0.524. The minimum Gasteiger partial charge on any atom is -0.480 e. The van der Waals surface area contributed by atoms with Gasteiger partial charge in [-0.15, -0.1) is 0 Å². The van der Waals surface area contributed by atoms with Crippen molar-refractivity contribution in [1.29, 1.82) is 0 Å². The molecule has 0 bridgehead atoms. The number of amides is 1. The van der Waals surface area contributed by atoms with Crippen LogP contribution >= 0.6 is 0 Å². The van der Waals surface area contributed by atoms with Crippen LogP contribution < -0.4 is 5.32 Å². The van der Waals surface area contributed by atoms with Crippen LogP contribution in [0.1, 0.15) is 46.5 Å². The van der Waals surface area contributed by atoms with Crippen LogP contribution in [0.25, 0.3) is 0 Å². The van der Waals surface area contributed by atoms with E-state index >= 15 is 0 Å². The van der Waals surface area contributed by atoms with E-state index in [9.17, 15) is 9.59 Å². The summed E-state index contributed by atoms with van der Waals surface area (Å²) in [6, 6.07) is -0.00433. The first-order valence-corrected chi connectivity index (χ1v) is 7.11. The van der Waals surface area contributed by atoms with Crippen LogP contribution in [0.15, 0.2) is 0 Å². The second-order valence-corrected chi connectivity index (χ2v) is 6.32. The molecule has 0 saturated heterocycles. The van der Waals surface area contributed by atoms with Gasteiger partial charge in [0, 0.05) is 13.1 Å². The van der Waals surface area contributed by atoms with E-state index in [4.69, 9.17) is 9.84 Å². The molecule has 1 aliphatic rings. The van der Waals surface area contributed by atoms with Crippen molar-refractivity contribution in [3.8, 4) is 0 Å². The minimum absolute atomic E-state index is 0.0115. The van der Waals surface area contributed by atoms with E-state index < -0.39 is 11.6 Å². The molecule has 0 spiro atoms. The molecule has 0 aromatic carbocycles. The summed E-state index contributed by atoms with van der Waals surface area (Å²) < 4.78 is 5.37. The molecule has 1 amide bonds. The lowest BCUT2D eigenvalue weighted by Gasteiger charge is -2.38. The maximum absolute atomic E-state index is 12.1. The molecule has 20 heavy (non-hydrogen) atoms. The standard InChI is InChI=1S/C14H26N2O4/c1-14(2,3)20-13(19)16(4)11-8-6-5-7-10(11)15-9-12(17)18/h10-11,15H,5-9H2,1-4H3,(H,17,18)/t10-,11+/m1/s1. The molecule has 2 N–H and O–H groups in total. The van der Waals surface area contributed by atoms with Gasteiger partial charge in [0.15, 0.2) is 0 Å². The molecule has 6 nitrogen and oxygen atoms in total. The monoisotopic (exact) mass is 286 g/mol. The fraction of sp³-hybridized carbons (Fsp3) is 0.857. The Bertz CT molecular complexity index is 352. The molecular formula is C14H26N2O4. The highest BCUT2D eigenvalue weighted by Crippen LogP contribution is 2.24. The Balaban J connectivity index is 2.64. The Morgan fingerprint density at radius 2 is 1.90 bits per heavy atom. The number of carbonyl (C=O) groups excluding carboxylic acids is 1. The molecular weight excluding hydrogens is 260 g/mol. The molecule has 1 aliphatic carbocycles. The first-order valence-electron chi connectivity index (χ1n) is 7.11. The Morgan fingerprint density at radius 1 is 1.30 bits per heavy atom. The van der Waals surface area contributed by atoms with Crippen LogP contribution in [-0.2, 0) is 9.53 Å². The zero-order valence-corrected chi connectivity index (χ0v) is 12.8. The number of carboxylic acids is 1. The van der Waals surface area contributed by atoms with Gasteiger partial charge in [0.05, 0.1) is 12.6 Å². The van der Waals surface area contributed by atoms with Crippen molar-refractivity contribution < 1.29 is 19.4 Å². The van der Waals surface area contributed by atoms with Crippen LogP contribution in [-0.4, -0.2) is 53.3 Å². The number of nitrogens with zero attached hydrogens (tertiary/aromatic N) is 1. The number of hydrogen-bond acceptors (Lipinski definition) is 4. The van der Waals surface area contributed by atoms with Gasteiger partial charge in [-0.3, -0.25) is 4.79 Å². The quantitative estimate of drug-likeness (QED) is 0.824. The summed E-state index contributed by atoms with van der Waals surface area (Å²) >= 11 is 0. The lowest BCUT2D eigenvalue weighted by molar-refractivity contribution is -0.136. The second kappa shape index (κ2) is 6.92. The van der Waals surface area contributed by atoms with Crippen LogP contribution in [0.2, 0.25) is 0 Å². The van der Waals surface area contributed by atoms with Crippen molar-refractivity contribution in [2.24, 2.45) is 0 Å². The Kier molecular flexibility index (Phi) is 5.80. The SMILES string of the molecule is CN(C(=O)OC(C)(C)C)[C@H]1CCCC[C@H]1NCC(=O)O. The normalized spacial score (nSPS) is 23.2. The molecule has 1 saturated carbocycles. The van der Waals surface area contributed by atoms with E-state index in [1.165, 1.54) is 0 Å². The van der Waals surface area contributed by atoms with Gasteiger partial charge in [-0.2, -0.15) is 0 Å². The average molecular weight is 286 g/mol. The molecule has 6 heteroatoms. The van der Waals surface area contributed by atoms with Crippen LogP contribution in [0.4, 0.5) is 4.79 Å². The Labute approximate surface area is 120 Å². The summed E-state index contributed by atoms with van der Waals surface area (Å²) in [6.45, 7) is 5.42. The maximum Gasteiger partial charge on any atom is 0.410 e. The van der Waals surface area contributed by atoms with Crippen molar-refractivity contribution >= 4 is 12.1 Å². The average Bonchev–Trinajstić information content (AvgIpc) is 2.33. The molecule has 1 fully saturated rings. The predicted octanol–water partition coefficient (Wildman–Crippen LogP) is 1.84. The van der Waals surface area contributed by atoms with E-state index in [0.717, 1.165) is 25.7 Å². The topological polar surface area (TPSA) is 78.9 Å². The van der Waals surface area contributed by atoms with Gasteiger partial charge in [0.2, 0.25) is 0 Å². The van der Waals surface area contributed by atoms with Gasteiger partial charge >= 0.3 is 12.1 Å². The minimum atomic E-state index is -0.880. The fourth-order valence-corrected chi connectivity index (χ4v) is 2.50. The van der Waals surface area contributed by atoms with E-state index in [1.807, 2.05) is 20.8 Å². The molecule has 116 valence electrons. The zero-order chi connectivity index (χ0) is 15.3. The number of ether oxygens (including phenoxy) is 1. The van der Waals surface area contributed by atoms with E-state index in [2.05, 4.69) is 5.32 Å². The Morgan fingerprint density at radius 3 is 2.45 bits per heavy atom. The van der Waals surface area contributed by atoms with Crippen molar-refractivity contribution in [2.45, 2.75) is 64.1 Å². The first kappa shape index (κ1) is 16.8. The highest BCUT2D eigenvalue weighted by Gasteiger charge is 2.32. The second-order valence-electron chi connectivity index (χ2n) is 6.32. The van der Waals surface area contributed by atoms with Crippen LogP contribution in [0.5, 0.6) is 0 Å². The number of nitrogens with one attached hydrogen (secondary N) is 1. The smallest absolute Gasteiger partial charge is 0.410 e. The number of aliphatic carboxylic acids is 1. The summed E-state index contributed by atoms with van der Waals surface area (Å²) in [4.78, 5) is 24.4. The predicted molar refractivity (Wildman–Crippen MR) is 75.7 cm³/mol. The van der Waals surface area contributed by atoms with Crippen LogP contribution in [0, 0.1) is 0 Å². The molecule has 2 atom stereocenters. The highest BCUT2D eigenvalue weighted by atomic mass is 16.6. The summed E-state index contributed by atoms with van der Waals surface area (Å²) in [6.07, 6.45) is 3.49. The largest absolute Gasteiger partial charge is 0.480 e. The number of carbonyl (C=O) groups is 2. The summed E-state index contributed by atoms with van der Waals surface area (Å²) in [5, 5.41) is 11.8. The van der Waals surface area contributed by atoms with Crippen LogP contribution in [0.3, 0.4) is 0 Å². The van der Waals surface area contributed by atoms with Crippen molar-refractivity contribution in [3.05, 3.63) is 0 Å². The number of rotatable bonds is 4. The third kappa shape index (κ3) is 5.36. The van der Waals surface area contributed by atoms with Gasteiger partial charge in [-0.1, -0.05) is 12.8 Å². The van der Waals surface area contributed by atoms with Crippen molar-refractivity contribution in [3.63, 3.8) is 0 Å². The van der Waals surface area contributed by atoms with E-state index in [0.29, 0.717) is 0 Å². The molecule has 0 aromatic rings. The molecule has 0 unspecified atom stereocenters. The zero-order valence-electron chi connectivity index (χ0n) is 12.8. The first-order chi connectivity index (χ1) is 9.20. The molecule has 1 rings (SSSR count). The van der Waals surface area contributed by atoms with Gasteiger partial charge in [0.1, 0.15) is 5.60 Å².